The second kappa shape index (κ2) is 12.6. The highest BCUT2D eigenvalue weighted by molar-refractivity contribution is 5.92. The van der Waals surface area contributed by atoms with E-state index in [2.05, 4.69) is 41.1 Å². The molecule has 11 nitrogen and oxygen atoms in total. The van der Waals surface area contributed by atoms with E-state index in [1.807, 2.05) is 24.3 Å². The number of hydrogen-bond acceptors (Lipinski definition) is 8. The highest BCUT2D eigenvalue weighted by atomic mass is 16.5. The molecule has 0 saturated heterocycles. The lowest BCUT2D eigenvalue weighted by Gasteiger charge is -2.14. The van der Waals surface area contributed by atoms with Crippen molar-refractivity contribution in [1.82, 2.24) is 9.99 Å². The summed E-state index contributed by atoms with van der Waals surface area (Å²) in [6, 6.07) is 18.2. The number of aliphatic carboxylic acids is 1. The van der Waals surface area contributed by atoms with E-state index in [1.54, 1.807) is 18.2 Å². The predicted octanol–water partition coefficient (Wildman–Crippen LogP) is 4.51. The van der Waals surface area contributed by atoms with E-state index in [-0.39, 0.29) is 29.6 Å². The largest absolute Gasteiger partial charge is 0.493 e. The monoisotopic (exact) mass is 547 g/mol. The van der Waals surface area contributed by atoms with Crippen LogP contribution in [0.3, 0.4) is 0 Å². The first-order valence-electron chi connectivity index (χ1n) is 12.2. The number of hydrazone groups is 1. The highest BCUT2D eigenvalue weighted by Gasteiger charge is 2.16. The van der Waals surface area contributed by atoms with Gasteiger partial charge in [0, 0.05) is 22.6 Å². The Kier molecular flexibility index (Phi) is 8.75. The number of carboxylic acid groups (broad SMARTS) is 1. The lowest BCUT2D eigenvalue weighted by atomic mass is 10.2. The molecule has 0 spiro atoms. The van der Waals surface area contributed by atoms with E-state index in [1.165, 1.54) is 26.5 Å². The van der Waals surface area contributed by atoms with E-state index >= 15 is 0 Å². The van der Waals surface area contributed by atoms with Gasteiger partial charge in [0.05, 0.1) is 20.4 Å². The van der Waals surface area contributed by atoms with Crippen LogP contribution in [0.2, 0.25) is 0 Å². The molecular weight excluding hydrogens is 518 g/mol. The van der Waals surface area contributed by atoms with Gasteiger partial charge in [-0.2, -0.15) is 5.10 Å². The van der Waals surface area contributed by atoms with E-state index in [0.717, 1.165) is 17.1 Å². The van der Waals surface area contributed by atoms with Gasteiger partial charge in [-0.3, -0.25) is 4.79 Å². The van der Waals surface area contributed by atoms with Gasteiger partial charge in [-0.15, -0.1) is 0 Å². The van der Waals surface area contributed by atoms with Crippen LogP contribution >= 0.6 is 0 Å². The molecule has 0 fully saturated rings. The van der Waals surface area contributed by atoms with Crippen molar-refractivity contribution < 1.29 is 38.1 Å². The van der Waals surface area contributed by atoms with Gasteiger partial charge >= 0.3 is 11.9 Å². The summed E-state index contributed by atoms with van der Waals surface area (Å²) in [5.41, 5.74) is 6.25. The molecule has 1 amide bonds. The van der Waals surface area contributed by atoms with Crippen LogP contribution in [-0.2, 0) is 11.4 Å². The Balaban J connectivity index is 1.33. The number of ether oxygens (including phenoxy) is 4. The quantitative estimate of drug-likeness (QED) is 0.196. The first-order valence-corrected chi connectivity index (χ1v) is 12.2. The standard InChI is InChI=1S/C29H29N3O8/c1-18-5-6-19(2)32(18)21-7-9-22(10-8-21)38-16-23-11-12-24(40-23)29(35)31-30-15-20-13-25(36-3)28(26(14-20)37-4)39-17-27(33)34/h5-15H,16-17H2,1-4H3,(H,31,35)(H,33,34)/b30-15+. The Hall–Kier alpha value is -5.19. The average molecular weight is 548 g/mol. The van der Waals surface area contributed by atoms with E-state index in [4.69, 9.17) is 28.5 Å². The van der Waals surface area contributed by atoms with Crippen molar-refractivity contribution in [2.45, 2.75) is 20.5 Å². The summed E-state index contributed by atoms with van der Waals surface area (Å²) in [5.74, 6) is 0.146. The zero-order chi connectivity index (χ0) is 28.6. The molecule has 2 heterocycles. The number of aryl methyl sites for hydroxylation is 2. The third kappa shape index (κ3) is 6.62. The van der Waals surface area contributed by atoms with Crippen molar-refractivity contribution in [3.05, 3.63) is 89.1 Å². The van der Waals surface area contributed by atoms with Crippen molar-refractivity contribution in [3.8, 4) is 28.7 Å². The van der Waals surface area contributed by atoms with Crippen LogP contribution in [0.15, 0.2) is 70.2 Å². The van der Waals surface area contributed by atoms with Crippen molar-refractivity contribution in [2.24, 2.45) is 5.10 Å². The summed E-state index contributed by atoms with van der Waals surface area (Å²) in [7, 11) is 2.81. The number of rotatable bonds is 12. The smallest absolute Gasteiger partial charge is 0.341 e. The predicted molar refractivity (Wildman–Crippen MR) is 146 cm³/mol. The Labute approximate surface area is 230 Å². The van der Waals surface area contributed by atoms with Crippen molar-refractivity contribution in [1.29, 1.82) is 0 Å². The third-order valence-corrected chi connectivity index (χ3v) is 5.84. The fourth-order valence-corrected chi connectivity index (χ4v) is 3.97. The van der Waals surface area contributed by atoms with Crippen LogP contribution in [0.1, 0.15) is 33.3 Å². The molecular formula is C29H29N3O8. The topological polar surface area (TPSA) is 134 Å². The van der Waals surface area contributed by atoms with Gasteiger partial charge in [0.25, 0.3) is 0 Å². The van der Waals surface area contributed by atoms with Gasteiger partial charge in [0.1, 0.15) is 18.1 Å². The number of hydrogen-bond donors (Lipinski definition) is 2. The molecule has 0 saturated carbocycles. The Morgan fingerprint density at radius 2 is 1.60 bits per heavy atom. The normalized spacial score (nSPS) is 10.9. The van der Waals surface area contributed by atoms with E-state index in [0.29, 0.717) is 17.1 Å². The molecule has 0 atom stereocenters. The minimum Gasteiger partial charge on any atom is -0.493 e. The number of furan rings is 1. The lowest BCUT2D eigenvalue weighted by Crippen LogP contribution is -2.16. The molecule has 0 radical (unpaired) electrons. The van der Waals surface area contributed by atoms with Crippen LogP contribution in [0, 0.1) is 13.8 Å². The molecule has 4 aromatic rings. The first kappa shape index (κ1) is 27.8. The highest BCUT2D eigenvalue weighted by Crippen LogP contribution is 2.38. The number of carbonyl (C=O) groups excluding carboxylic acids is 1. The lowest BCUT2D eigenvalue weighted by molar-refractivity contribution is -0.139. The summed E-state index contributed by atoms with van der Waals surface area (Å²) < 4.78 is 29.4. The minimum atomic E-state index is -1.14. The zero-order valence-corrected chi connectivity index (χ0v) is 22.5. The molecule has 0 aliphatic carbocycles. The number of carbonyl (C=O) groups is 2. The number of carboxylic acids is 1. The summed E-state index contributed by atoms with van der Waals surface area (Å²) in [6.07, 6.45) is 1.37. The number of nitrogens with zero attached hydrogens (tertiary/aromatic N) is 2. The number of aromatic nitrogens is 1. The van der Waals surface area contributed by atoms with Gasteiger partial charge < -0.3 is 33.0 Å². The van der Waals surface area contributed by atoms with Gasteiger partial charge in [-0.25, -0.2) is 10.2 Å². The number of methoxy groups -OCH3 is 2. The van der Waals surface area contributed by atoms with Crippen molar-refractivity contribution in [2.75, 3.05) is 20.8 Å². The van der Waals surface area contributed by atoms with E-state index < -0.39 is 18.5 Å². The Bertz CT molecular complexity index is 1470. The number of amides is 1. The molecule has 0 aliphatic heterocycles. The van der Waals surface area contributed by atoms with Crippen molar-refractivity contribution >= 4 is 18.1 Å². The molecule has 11 heteroatoms. The average Bonchev–Trinajstić information content (AvgIpc) is 3.56. The maximum absolute atomic E-state index is 12.5. The molecule has 0 bridgehead atoms. The minimum absolute atomic E-state index is 0.0669. The fourth-order valence-electron chi connectivity index (χ4n) is 3.97. The van der Waals surface area contributed by atoms with Crippen LogP contribution in [-0.4, -0.2) is 48.6 Å². The van der Waals surface area contributed by atoms with Gasteiger partial charge in [-0.05, 0) is 74.5 Å². The molecule has 4 rings (SSSR count). The summed E-state index contributed by atoms with van der Waals surface area (Å²) >= 11 is 0. The van der Waals surface area contributed by atoms with Crippen LogP contribution < -0.4 is 24.4 Å². The molecule has 40 heavy (non-hydrogen) atoms. The molecule has 2 aromatic heterocycles. The summed E-state index contributed by atoms with van der Waals surface area (Å²) in [4.78, 5) is 23.3. The second-order valence-corrected chi connectivity index (χ2v) is 8.64. The number of nitrogens with one attached hydrogen (secondary N) is 1. The van der Waals surface area contributed by atoms with Gasteiger partial charge in [0.15, 0.2) is 23.9 Å². The Morgan fingerprint density at radius 1 is 0.950 bits per heavy atom. The summed E-state index contributed by atoms with van der Waals surface area (Å²) in [5, 5.41) is 12.8. The first-order chi connectivity index (χ1) is 19.3. The van der Waals surface area contributed by atoms with Crippen LogP contribution in [0.4, 0.5) is 0 Å². The van der Waals surface area contributed by atoms with E-state index in [9.17, 15) is 9.59 Å². The molecule has 208 valence electrons. The van der Waals surface area contributed by atoms with Crippen LogP contribution in [0.25, 0.3) is 5.69 Å². The van der Waals surface area contributed by atoms with Gasteiger partial charge in [-0.1, -0.05) is 0 Å². The molecule has 0 aliphatic rings. The summed E-state index contributed by atoms with van der Waals surface area (Å²) in [6.45, 7) is 3.70. The van der Waals surface area contributed by atoms with Crippen molar-refractivity contribution in [3.63, 3.8) is 0 Å². The van der Waals surface area contributed by atoms with Gasteiger partial charge in [0.2, 0.25) is 5.75 Å². The maximum Gasteiger partial charge on any atom is 0.341 e. The second-order valence-electron chi connectivity index (χ2n) is 8.64. The SMILES string of the molecule is COc1cc(/C=N/NC(=O)c2ccc(COc3ccc(-n4c(C)ccc4C)cc3)o2)cc(OC)c1OCC(=O)O. The molecule has 0 unspecified atom stereocenters. The maximum atomic E-state index is 12.5. The fraction of sp³-hybridized carbons (Fsp3) is 0.207. The van der Waals surface area contributed by atoms with Crippen LogP contribution in [0.5, 0.6) is 23.0 Å². The molecule has 2 N–H and O–H groups in total. The number of benzene rings is 2. The molecule has 2 aromatic carbocycles. The Morgan fingerprint density at radius 3 is 2.20 bits per heavy atom. The third-order valence-electron chi connectivity index (χ3n) is 5.84. The zero-order valence-electron chi connectivity index (χ0n) is 22.5.